The Morgan fingerprint density at radius 2 is 2.29 bits per heavy atom. The van der Waals surface area contributed by atoms with Crippen LogP contribution in [0.15, 0.2) is 24.3 Å². The maximum Gasteiger partial charge on any atom is 0.252 e. The highest BCUT2D eigenvalue weighted by Crippen LogP contribution is 2.33. The summed E-state index contributed by atoms with van der Waals surface area (Å²) in [6.07, 6.45) is 2.21. The van der Waals surface area contributed by atoms with Crippen LogP contribution in [-0.2, 0) is 0 Å². The van der Waals surface area contributed by atoms with E-state index in [1.54, 1.807) is 18.4 Å². The lowest BCUT2D eigenvalue weighted by atomic mass is 10.1. The summed E-state index contributed by atoms with van der Waals surface area (Å²) < 4.78 is 6.30. The number of benzene rings is 1. The summed E-state index contributed by atoms with van der Waals surface area (Å²) >= 11 is 1.56. The van der Waals surface area contributed by atoms with Gasteiger partial charge in [-0.2, -0.15) is 0 Å². The Morgan fingerprint density at radius 3 is 3.00 bits per heavy atom. The molecule has 88 valence electrons. The lowest BCUT2D eigenvalue weighted by Gasteiger charge is -2.03. The van der Waals surface area contributed by atoms with Crippen LogP contribution in [0.1, 0.15) is 23.2 Å². The summed E-state index contributed by atoms with van der Waals surface area (Å²) in [6, 6.07) is 8.11. The molecule has 0 saturated heterocycles. The van der Waals surface area contributed by atoms with E-state index in [1.165, 1.54) is 0 Å². The molecule has 0 radical (unpaired) electrons. The molecule has 1 N–H and O–H groups in total. The van der Waals surface area contributed by atoms with Crippen LogP contribution in [0, 0.1) is 0 Å². The van der Waals surface area contributed by atoms with Crippen molar-refractivity contribution < 1.29 is 9.53 Å². The van der Waals surface area contributed by atoms with E-state index >= 15 is 0 Å². The number of hydrogen-bond donors (Lipinski definition) is 1. The lowest BCUT2D eigenvalue weighted by Crippen LogP contribution is -2.25. The first kappa shape index (κ1) is 10.6. The van der Waals surface area contributed by atoms with Crippen LogP contribution in [-0.4, -0.2) is 19.1 Å². The van der Waals surface area contributed by atoms with Crippen LogP contribution in [0.3, 0.4) is 0 Å². The van der Waals surface area contributed by atoms with Crippen molar-refractivity contribution >= 4 is 27.3 Å². The van der Waals surface area contributed by atoms with E-state index in [1.807, 2.05) is 24.3 Å². The summed E-state index contributed by atoms with van der Waals surface area (Å²) in [5.74, 6) is 0.0264. The van der Waals surface area contributed by atoms with E-state index in [9.17, 15) is 4.79 Å². The Bertz CT molecular complexity index is 572. The zero-order valence-corrected chi connectivity index (χ0v) is 10.3. The number of carbonyl (C=O) groups excluding carboxylic acids is 1. The summed E-state index contributed by atoms with van der Waals surface area (Å²) in [4.78, 5) is 12.1. The van der Waals surface area contributed by atoms with Gasteiger partial charge in [0.2, 0.25) is 0 Å². The van der Waals surface area contributed by atoms with Gasteiger partial charge in [0.25, 0.3) is 5.91 Å². The van der Waals surface area contributed by atoms with Crippen molar-refractivity contribution in [2.75, 3.05) is 7.11 Å². The third-order valence-corrected chi connectivity index (χ3v) is 3.96. The van der Waals surface area contributed by atoms with Gasteiger partial charge in [-0.15, -0.1) is 0 Å². The van der Waals surface area contributed by atoms with E-state index in [2.05, 4.69) is 5.32 Å². The molecular formula is C13H13NO2S. The molecule has 3 nitrogen and oxygen atoms in total. The number of rotatable bonds is 3. The Balaban J connectivity index is 2.01. The molecule has 2 aromatic rings. The molecule has 1 saturated carbocycles. The molecule has 4 heteroatoms. The van der Waals surface area contributed by atoms with Crippen LogP contribution in [0.5, 0.6) is 5.06 Å². The standard InChI is InChI=1S/C13H13NO2S/c1-16-12-7-10-9(3-2-4-11(10)17-12)13(15)14-8-5-6-8/h2-4,7-8H,5-6H2,1H3,(H,14,15). The van der Waals surface area contributed by atoms with Gasteiger partial charge in [0.15, 0.2) is 5.06 Å². The van der Waals surface area contributed by atoms with Crippen molar-refractivity contribution in [2.24, 2.45) is 0 Å². The van der Waals surface area contributed by atoms with Crippen LogP contribution in [0.2, 0.25) is 0 Å². The van der Waals surface area contributed by atoms with Gasteiger partial charge in [-0.05, 0) is 25.0 Å². The highest BCUT2D eigenvalue weighted by atomic mass is 32.1. The molecule has 1 heterocycles. The normalized spacial score (nSPS) is 14.9. The predicted molar refractivity (Wildman–Crippen MR) is 68.9 cm³/mol. The van der Waals surface area contributed by atoms with Crippen LogP contribution in [0.4, 0.5) is 0 Å². The van der Waals surface area contributed by atoms with E-state index in [0.29, 0.717) is 6.04 Å². The second-order valence-electron chi connectivity index (χ2n) is 4.23. The first-order chi connectivity index (χ1) is 8.28. The van der Waals surface area contributed by atoms with Gasteiger partial charge in [-0.1, -0.05) is 17.4 Å². The number of amides is 1. The third kappa shape index (κ3) is 2.00. The highest BCUT2D eigenvalue weighted by molar-refractivity contribution is 7.20. The maximum absolute atomic E-state index is 12.1. The first-order valence-electron chi connectivity index (χ1n) is 5.65. The summed E-state index contributed by atoms with van der Waals surface area (Å²) in [5.41, 5.74) is 0.744. The highest BCUT2D eigenvalue weighted by Gasteiger charge is 2.24. The van der Waals surface area contributed by atoms with Gasteiger partial charge in [0, 0.05) is 27.8 Å². The number of fused-ring (bicyclic) bond motifs is 1. The van der Waals surface area contributed by atoms with Crippen LogP contribution < -0.4 is 10.1 Å². The molecule has 1 aromatic heterocycles. The Morgan fingerprint density at radius 1 is 1.47 bits per heavy atom. The van der Waals surface area contributed by atoms with Crippen LogP contribution >= 0.6 is 11.3 Å². The summed E-state index contributed by atoms with van der Waals surface area (Å²) in [6.45, 7) is 0. The van der Waals surface area contributed by atoms with E-state index < -0.39 is 0 Å². The minimum absolute atomic E-state index is 0.0264. The molecule has 0 bridgehead atoms. The Kier molecular flexibility index (Phi) is 2.52. The predicted octanol–water partition coefficient (Wildman–Crippen LogP) is 2.80. The monoisotopic (exact) mass is 247 g/mol. The van der Waals surface area contributed by atoms with Gasteiger partial charge in [-0.3, -0.25) is 4.79 Å². The number of nitrogens with one attached hydrogen (secondary N) is 1. The van der Waals surface area contributed by atoms with E-state index in [-0.39, 0.29) is 5.91 Å². The van der Waals surface area contributed by atoms with Crippen molar-refractivity contribution in [3.8, 4) is 5.06 Å². The number of methoxy groups -OCH3 is 1. The summed E-state index contributed by atoms with van der Waals surface area (Å²) in [7, 11) is 1.65. The minimum atomic E-state index is 0.0264. The minimum Gasteiger partial charge on any atom is -0.487 e. The average Bonchev–Trinajstić information content (AvgIpc) is 3.04. The van der Waals surface area contributed by atoms with Crippen molar-refractivity contribution in [2.45, 2.75) is 18.9 Å². The van der Waals surface area contributed by atoms with Gasteiger partial charge < -0.3 is 10.1 Å². The van der Waals surface area contributed by atoms with E-state index in [4.69, 9.17) is 4.74 Å². The number of carbonyl (C=O) groups is 1. The molecular weight excluding hydrogens is 234 g/mol. The molecule has 0 unspecified atom stereocenters. The molecule has 0 spiro atoms. The molecule has 1 aliphatic rings. The zero-order chi connectivity index (χ0) is 11.8. The van der Waals surface area contributed by atoms with Gasteiger partial charge >= 0.3 is 0 Å². The first-order valence-corrected chi connectivity index (χ1v) is 6.47. The van der Waals surface area contributed by atoms with Crippen LogP contribution in [0.25, 0.3) is 10.1 Å². The molecule has 1 aromatic carbocycles. The van der Waals surface area contributed by atoms with Gasteiger partial charge in [-0.25, -0.2) is 0 Å². The average molecular weight is 247 g/mol. The van der Waals surface area contributed by atoms with E-state index in [0.717, 1.165) is 33.6 Å². The third-order valence-electron chi connectivity index (χ3n) is 2.90. The molecule has 0 aliphatic heterocycles. The fraction of sp³-hybridized carbons (Fsp3) is 0.308. The van der Waals surface area contributed by atoms with Crippen molar-refractivity contribution in [3.63, 3.8) is 0 Å². The second-order valence-corrected chi connectivity index (χ2v) is 5.28. The van der Waals surface area contributed by atoms with Crippen molar-refractivity contribution in [3.05, 3.63) is 29.8 Å². The smallest absolute Gasteiger partial charge is 0.252 e. The molecule has 3 rings (SSSR count). The molecule has 1 amide bonds. The molecule has 0 atom stereocenters. The quantitative estimate of drug-likeness (QED) is 0.905. The largest absolute Gasteiger partial charge is 0.487 e. The molecule has 17 heavy (non-hydrogen) atoms. The second kappa shape index (κ2) is 4.04. The van der Waals surface area contributed by atoms with Crippen molar-refractivity contribution in [1.82, 2.24) is 5.32 Å². The fourth-order valence-corrected chi connectivity index (χ4v) is 2.73. The zero-order valence-electron chi connectivity index (χ0n) is 9.53. The lowest BCUT2D eigenvalue weighted by molar-refractivity contribution is 0.0953. The number of hydrogen-bond acceptors (Lipinski definition) is 3. The van der Waals surface area contributed by atoms with Crippen molar-refractivity contribution in [1.29, 1.82) is 0 Å². The van der Waals surface area contributed by atoms with Gasteiger partial charge in [0.05, 0.1) is 7.11 Å². The Hall–Kier alpha value is -1.55. The fourth-order valence-electron chi connectivity index (χ4n) is 1.83. The summed E-state index contributed by atoms with van der Waals surface area (Å²) in [5, 5.41) is 4.83. The SMILES string of the molecule is COc1cc2c(C(=O)NC3CC3)cccc2s1. The molecule has 1 fully saturated rings. The topological polar surface area (TPSA) is 38.3 Å². The maximum atomic E-state index is 12.1. The number of thiophene rings is 1. The van der Waals surface area contributed by atoms with Gasteiger partial charge in [0.1, 0.15) is 0 Å². The Labute approximate surface area is 103 Å². The number of ether oxygens (including phenoxy) is 1. The molecule has 1 aliphatic carbocycles.